The zero-order valence-corrected chi connectivity index (χ0v) is 15.4. The van der Waals surface area contributed by atoms with Gasteiger partial charge in [0.15, 0.2) is 11.8 Å². The molecule has 0 aliphatic heterocycles. The zero-order chi connectivity index (χ0) is 18.8. The van der Waals surface area contributed by atoms with Gasteiger partial charge in [-0.1, -0.05) is 23.7 Å². The number of hydrogen-bond acceptors (Lipinski definition) is 4. The third-order valence-electron chi connectivity index (χ3n) is 4.02. The summed E-state index contributed by atoms with van der Waals surface area (Å²) in [4.78, 5) is 28.9. The molecule has 0 spiro atoms. The van der Waals surface area contributed by atoms with Gasteiger partial charge < -0.3 is 14.5 Å². The Morgan fingerprint density at radius 3 is 2.73 bits per heavy atom. The summed E-state index contributed by atoms with van der Waals surface area (Å²) in [5.41, 5.74) is 3.17. The van der Waals surface area contributed by atoms with Gasteiger partial charge in [-0.3, -0.25) is 4.79 Å². The Bertz CT molecular complexity index is 997. The minimum Gasteiger partial charge on any atom is -0.448 e. The molecule has 2 aromatic heterocycles. The largest absolute Gasteiger partial charge is 0.448 e. The van der Waals surface area contributed by atoms with Gasteiger partial charge >= 0.3 is 5.97 Å². The van der Waals surface area contributed by atoms with Crippen LogP contribution in [0.25, 0.3) is 5.65 Å². The van der Waals surface area contributed by atoms with Crippen molar-refractivity contribution in [1.29, 1.82) is 0 Å². The summed E-state index contributed by atoms with van der Waals surface area (Å²) in [6.07, 6.45) is 0.616. The van der Waals surface area contributed by atoms with Crippen LogP contribution in [0.2, 0.25) is 5.02 Å². The highest BCUT2D eigenvalue weighted by Crippen LogP contribution is 2.20. The standard InChI is InChI=1S/C19H18ClN3O3/c1-11-7-8-14(20)9-15(11)22-18(24)13(3)26-19(25)16-10-23-12(2)5-4-6-17(23)21-16/h4-10,13H,1-3H3,(H,22,24)/t13-/m1/s1. The number of rotatable bonds is 4. The van der Waals surface area contributed by atoms with Gasteiger partial charge in [-0.25, -0.2) is 9.78 Å². The van der Waals surface area contributed by atoms with Gasteiger partial charge in [0.2, 0.25) is 0 Å². The van der Waals surface area contributed by atoms with Gasteiger partial charge in [-0.15, -0.1) is 0 Å². The van der Waals surface area contributed by atoms with Crippen LogP contribution in [0.4, 0.5) is 5.69 Å². The maximum Gasteiger partial charge on any atom is 0.359 e. The highest BCUT2D eigenvalue weighted by atomic mass is 35.5. The summed E-state index contributed by atoms with van der Waals surface area (Å²) >= 11 is 5.95. The molecule has 1 N–H and O–H groups in total. The quantitative estimate of drug-likeness (QED) is 0.708. The van der Waals surface area contributed by atoms with Crippen molar-refractivity contribution in [2.75, 3.05) is 5.32 Å². The van der Waals surface area contributed by atoms with E-state index in [0.29, 0.717) is 16.4 Å². The van der Waals surface area contributed by atoms with Crippen LogP contribution in [-0.2, 0) is 9.53 Å². The van der Waals surface area contributed by atoms with Crippen molar-refractivity contribution in [3.63, 3.8) is 0 Å². The minimum absolute atomic E-state index is 0.151. The van der Waals surface area contributed by atoms with Gasteiger partial charge in [-0.2, -0.15) is 0 Å². The third kappa shape index (κ3) is 3.70. The lowest BCUT2D eigenvalue weighted by atomic mass is 10.2. The van der Waals surface area contributed by atoms with E-state index in [2.05, 4.69) is 10.3 Å². The number of fused-ring (bicyclic) bond motifs is 1. The van der Waals surface area contributed by atoms with Crippen molar-refractivity contribution in [3.05, 3.63) is 64.6 Å². The molecule has 0 saturated carbocycles. The molecule has 7 heteroatoms. The Kier molecular flexibility index (Phi) is 4.95. The molecule has 0 saturated heterocycles. The van der Waals surface area contributed by atoms with Crippen LogP contribution in [0, 0.1) is 13.8 Å². The Balaban J connectivity index is 1.70. The first kappa shape index (κ1) is 17.9. The minimum atomic E-state index is -0.980. The summed E-state index contributed by atoms with van der Waals surface area (Å²) < 4.78 is 7.04. The van der Waals surface area contributed by atoms with E-state index in [1.54, 1.807) is 34.9 Å². The van der Waals surface area contributed by atoms with Crippen molar-refractivity contribution in [2.45, 2.75) is 26.9 Å². The highest BCUT2D eigenvalue weighted by Gasteiger charge is 2.21. The van der Waals surface area contributed by atoms with Gasteiger partial charge in [-0.05, 0) is 50.6 Å². The van der Waals surface area contributed by atoms with Crippen molar-refractivity contribution in [3.8, 4) is 0 Å². The second kappa shape index (κ2) is 7.17. The maximum atomic E-state index is 12.3. The highest BCUT2D eigenvalue weighted by molar-refractivity contribution is 6.31. The number of nitrogens with zero attached hydrogens (tertiary/aromatic N) is 2. The number of aromatic nitrogens is 2. The molecule has 1 amide bonds. The number of hydrogen-bond donors (Lipinski definition) is 1. The molecule has 1 aromatic carbocycles. The van der Waals surface area contributed by atoms with Gasteiger partial charge in [0.05, 0.1) is 0 Å². The normalized spacial score (nSPS) is 12.0. The smallest absolute Gasteiger partial charge is 0.359 e. The number of carbonyl (C=O) groups is 2. The fraction of sp³-hybridized carbons (Fsp3) is 0.211. The molecular formula is C19H18ClN3O3. The summed E-state index contributed by atoms with van der Waals surface area (Å²) in [7, 11) is 0. The topological polar surface area (TPSA) is 72.7 Å². The zero-order valence-electron chi connectivity index (χ0n) is 14.6. The number of aryl methyl sites for hydroxylation is 2. The van der Waals surface area contributed by atoms with Crippen LogP contribution in [0.5, 0.6) is 0 Å². The van der Waals surface area contributed by atoms with Crippen molar-refractivity contribution in [2.24, 2.45) is 0 Å². The van der Waals surface area contributed by atoms with E-state index < -0.39 is 18.0 Å². The molecule has 3 rings (SSSR count). The van der Waals surface area contributed by atoms with Crippen LogP contribution in [0.3, 0.4) is 0 Å². The average Bonchev–Trinajstić information content (AvgIpc) is 3.04. The van der Waals surface area contributed by atoms with Crippen LogP contribution in [-0.4, -0.2) is 27.4 Å². The van der Waals surface area contributed by atoms with E-state index in [1.807, 2.05) is 26.0 Å². The Hall–Kier alpha value is -2.86. The maximum absolute atomic E-state index is 12.3. The van der Waals surface area contributed by atoms with Crippen LogP contribution in [0.15, 0.2) is 42.6 Å². The summed E-state index contributed by atoms with van der Waals surface area (Å²) in [5, 5.41) is 3.23. The molecular weight excluding hydrogens is 354 g/mol. The summed E-state index contributed by atoms with van der Waals surface area (Å²) in [6, 6.07) is 10.7. The van der Waals surface area contributed by atoms with Gasteiger partial charge in [0, 0.05) is 22.6 Å². The Labute approximate surface area is 155 Å². The molecule has 26 heavy (non-hydrogen) atoms. The fourth-order valence-corrected chi connectivity index (χ4v) is 2.66. The molecule has 3 aromatic rings. The van der Waals surface area contributed by atoms with E-state index in [1.165, 1.54) is 6.92 Å². The van der Waals surface area contributed by atoms with Crippen LogP contribution < -0.4 is 5.32 Å². The molecule has 0 radical (unpaired) electrons. The number of nitrogens with one attached hydrogen (secondary N) is 1. The average molecular weight is 372 g/mol. The number of benzene rings is 1. The molecule has 0 aliphatic rings. The van der Waals surface area contributed by atoms with E-state index in [-0.39, 0.29) is 5.69 Å². The number of carbonyl (C=O) groups excluding carboxylic acids is 2. The molecule has 0 aliphatic carbocycles. The van der Waals surface area contributed by atoms with E-state index in [0.717, 1.165) is 11.3 Å². The van der Waals surface area contributed by atoms with Crippen molar-refractivity contribution in [1.82, 2.24) is 9.38 Å². The van der Waals surface area contributed by atoms with Crippen molar-refractivity contribution < 1.29 is 14.3 Å². The number of imidazole rings is 1. The molecule has 2 heterocycles. The molecule has 134 valence electrons. The first-order valence-corrected chi connectivity index (χ1v) is 8.45. The number of ether oxygens (including phenoxy) is 1. The SMILES string of the molecule is Cc1ccc(Cl)cc1NC(=O)[C@@H](C)OC(=O)c1cn2c(C)cccc2n1. The van der Waals surface area contributed by atoms with E-state index in [9.17, 15) is 9.59 Å². The first-order valence-electron chi connectivity index (χ1n) is 8.08. The second-order valence-electron chi connectivity index (χ2n) is 6.02. The third-order valence-corrected chi connectivity index (χ3v) is 4.25. The summed E-state index contributed by atoms with van der Waals surface area (Å²) in [6.45, 7) is 5.27. The monoisotopic (exact) mass is 371 g/mol. The molecule has 0 bridgehead atoms. The van der Waals surface area contributed by atoms with Gasteiger partial charge in [0.25, 0.3) is 5.91 Å². The predicted octanol–water partition coefficient (Wildman–Crippen LogP) is 3.79. The van der Waals surface area contributed by atoms with E-state index >= 15 is 0 Å². The lowest BCUT2D eigenvalue weighted by molar-refractivity contribution is -0.123. The van der Waals surface area contributed by atoms with Crippen molar-refractivity contribution >= 4 is 34.8 Å². The molecule has 0 unspecified atom stereocenters. The van der Waals surface area contributed by atoms with Gasteiger partial charge in [0.1, 0.15) is 5.65 Å². The van der Waals surface area contributed by atoms with Crippen LogP contribution >= 0.6 is 11.6 Å². The predicted molar refractivity (Wildman–Crippen MR) is 99.6 cm³/mol. The number of esters is 1. The fourth-order valence-electron chi connectivity index (χ4n) is 2.48. The first-order chi connectivity index (χ1) is 12.3. The molecule has 6 nitrogen and oxygen atoms in total. The Morgan fingerprint density at radius 1 is 1.23 bits per heavy atom. The number of halogens is 1. The molecule has 0 fully saturated rings. The summed E-state index contributed by atoms with van der Waals surface area (Å²) in [5.74, 6) is -1.10. The number of anilines is 1. The second-order valence-corrected chi connectivity index (χ2v) is 6.45. The lowest BCUT2D eigenvalue weighted by Gasteiger charge is -2.14. The lowest BCUT2D eigenvalue weighted by Crippen LogP contribution is -2.30. The number of amides is 1. The Morgan fingerprint density at radius 2 is 2.00 bits per heavy atom. The molecule has 1 atom stereocenters. The van der Waals surface area contributed by atoms with Crippen LogP contribution in [0.1, 0.15) is 28.7 Å². The number of pyridine rings is 1. The van der Waals surface area contributed by atoms with E-state index in [4.69, 9.17) is 16.3 Å².